The molecule has 1 N–H and O–H groups in total. The van der Waals surface area contributed by atoms with Crippen LogP contribution in [0, 0.1) is 5.92 Å². The molecular formula is C13H26N2O2. The van der Waals surface area contributed by atoms with E-state index in [9.17, 15) is 4.79 Å². The molecule has 0 bridgehead atoms. The van der Waals surface area contributed by atoms with Gasteiger partial charge in [-0.1, -0.05) is 20.8 Å². The molecule has 3 unspecified atom stereocenters. The van der Waals surface area contributed by atoms with Crippen molar-refractivity contribution in [2.24, 2.45) is 5.92 Å². The summed E-state index contributed by atoms with van der Waals surface area (Å²) in [5.74, 6) is 0.558. The molecule has 1 saturated heterocycles. The van der Waals surface area contributed by atoms with Crippen molar-refractivity contribution in [2.45, 2.75) is 59.4 Å². The van der Waals surface area contributed by atoms with Crippen molar-refractivity contribution in [3.8, 4) is 0 Å². The van der Waals surface area contributed by atoms with Crippen LogP contribution in [0.15, 0.2) is 0 Å². The average molecular weight is 242 g/mol. The number of nitrogens with one attached hydrogen (secondary N) is 1. The van der Waals surface area contributed by atoms with Crippen LogP contribution < -0.4 is 5.32 Å². The van der Waals surface area contributed by atoms with Gasteiger partial charge in [-0.2, -0.15) is 0 Å². The van der Waals surface area contributed by atoms with Gasteiger partial charge in [0.15, 0.2) is 0 Å². The molecule has 1 aliphatic heterocycles. The number of hydrogen-bond acceptors (Lipinski definition) is 3. The molecule has 3 atom stereocenters. The van der Waals surface area contributed by atoms with E-state index in [-0.39, 0.29) is 24.2 Å². The van der Waals surface area contributed by atoms with E-state index in [4.69, 9.17) is 4.74 Å². The maximum Gasteiger partial charge on any atom is 0.241 e. The second-order valence-electron chi connectivity index (χ2n) is 5.07. The zero-order chi connectivity index (χ0) is 13.0. The monoisotopic (exact) mass is 242 g/mol. The number of rotatable bonds is 6. The van der Waals surface area contributed by atoms with Gasteiger partial charge >= 0.3 is 0 Å². The molecule has 0 radical (unpaired) electrons. The second-order valence-corrected chi connectivity index (χ2v) is 5.07. The molecule has 4 nitrogen and oxygen atoms in total. The Morgan fingerprint density at radius 3 is 2.47 bits per heavy atom. The number of hydrogen-bond donors (Lipinski definition) is 1. The van der Waals surface area contributed by atoms with Gasteiger partial charge in [0, 0.05) is 13.2 Å². The Kier molecular flexibility index (Phi) is 5.40. The van der Waals surface area contributed by atoms with E-state index in [1.807, 2.05) is 18.7 Å². The maximum absolute atomic E-state index is 12.3. The summed E-state index contributed by atoms with van der Waals surface area (Å²) in [6.45, 7) is 11.6. The van der Waals surface area contributed by atoms with Gasteiger partial charge in [-0.25, -0.2) is 0 Å². The highest BCUT2D eigenvalue weighted by Crippen LogP contribution is 2.19. The molecule has 0 aromatic rings. The lowest BCUT2D eigenvalue weighted by molar-refractivity contribution is -0.132. The van der Waals surface area contributed by atoms with E-state index in [0.29, 0.717) is 19.1 Å². The zero-order valence-electron chi connectivity index (χ0n) is 11.7. The average Bonchev–Trinajstić information content (AvgIpc) is 2.57. The van der Waals surface area contributed by atoms with Crippen molar-refractivity contribution >= 4 is 5.91 Å². The van der Waals surface area contributed by atoms with Crippen LogP contribution in [0.3, 0.4) is 0 Å². The fourth-order valence-corrected chi connectivity index (χ4v) is 2.35. The summed E-state index contributed by atoms with van der Waals surface area (Å²) in [6, 6.07) is -0.0335. The van der Waals surface area contributed by atoms with Gasteiger partial charge in [-0.3, -0.25) is 10.1 Å². The van der Waals surface area contributed by atoms with Crippen molar-refractivity contribution < 1.29 is 9.53 Å². The van der Waals surface area contributed by atoms with Gasteiger partial charge < -0.3 is 9.64 Å². The SMILES string of the molecule is CCOC(C)CN1C(=O)C(C(C)C)NC1CC. The molecule has 1 rings (SSSR count). The van der Waals surface area contributed by atoms with Crippen molar-refractivity contribution in [3.05, 3.63) is 0 Å². The van der Waals surface area contributed by atoms with Crippen LogP contribution in [0.1, 0.15) is 41.0 Å². The molecule has 17 heavy (non-hydrogen) atoms. The highest BCUT2D eigenvalue weighted by Gasteiger charge is 2.39. The van der Waals surface area contributed by atoms with Crippen LogP contribution in [0.25, 0.3) is 0 Å². The predicted octanol–water partition coefficient (Wildman–Crippen LogP) is 1.60. The van der Waals surface area contributed by atoms with Gasteiger partial charge in [-0.05, 0) is 26.2 Å². The Morgan fingerprint density at radius 1 is 1.35 bits per heavy atom. The number of amides is 1. The normalized spacial score (nSPS) is 26.9. The molecule has 0 aromatic heterocycles. The molecule has 0 aliphatic carbocycles. The smallest absolute Gasteiger partial charge is 0.241 e. The minimum absolute atomic E-state index is 0.0335. The second kappa shape index (κ2) is 6.36. The number of ether oxygens (including phenoxy) is 1. The third-order valence-corrected chi connectivity index (χ3v) is 3.26. The first-order valence-electron chi connectivity index (χ1n) is 6.69. The lowest BCUT2D eigenvalue weighted by Crippen LogP contribution is -2.41. The quantitative estimate of drug-likeness (QED) is 0.769. The van der Waals surface area contributed by atoms with Crippen LogP contribution in [0.5, 0.6) is 0 Å². The van der Waals surface area contributed by atoms with Gasteiger partial charge in [0.25, 0.3) is 0 Å². The van der Waals surface area contributed by atoms with Crippen LogP contribution in [0.4, 0.5) is 0 Å². The standard InChI is InChI=1S/C13H26N2O2/c1-6-11-14-12(9(3)4)13(16)15(11)8-10(5)17-7-2/h9-12,14H,6-8H2,1-5H3. The Morgan fingerprint density at radius 2 is 2.00 bits per heavy atom. The molecule has 1 amide bonds. The van der Waals surface area contributed by atoms with Gasteiger partial charge in [-0.15, -0.1) is 0 Å². The van der Waals surface area contributed by atoms with Crippen molar-refractivity contribution in [1.82, 2.24) is 10.2 Å². The first-order chi connectivity index (χ1) is 8.01. The van der Waals surface area contributed by atoms with Crippen LogP contribution >= 0.6 is 0 Å². The minimum Gasteiger partial charge on any atom is -0.377 e. The van der Waals surface area contributed by atoms with Crippen molar-refractivity contribution in [2.75, 3.05) is 13.2 Å². The summed E-state index contributed by atoms with van der Waals surface area (Å²) in [7, 11) is 0. The summed E-state index contributed by atoms with van der Waals surface area (Å²) in [5, 5.41) is 3.41. The zero-order valence-corrected chi connectivity index (χ0v) is 11.7. The highest BCUT2D eigenvalue weighted by molar-refractivity contribution is 5.84. The van der Waals surface area contributed by atoms with E-state index in [2.05, 4.69) is 26.1 Å². The Balaban J connectivity index is 2.65. The topological polar surface area (TPSA) is 41.6 Å². The predicted molar refractivity (Wildman–Crippen MR) is 68.6 cm³/mol. The summed E-state index contributed by atoms with van der Waals surface area (Å²) in [5.41, 5.74) is 0. The lowest BCUT2D eigenvalue weighted by Gasteiger charge is -2.26. The lowest BCUT2D eigenvalue weighted by atomic mass is 10.1. The highest BCUT2D eigenvalue weighted by atomic mass is 16.5. The third-order valence-electron chi connectivity index (χ3n) is 3.26. The largest absolute Gasteiger partial charge is 0.377 e. The Labute approximate surface area is 105 Å². The van der Waals surface area contributed by atoms with E-state index < -0.39 is 0 Å². The molecule has 1 fully saturated rings. The third kappa shape index (κ3) is 3.42. The Bertz CT molecular complexity index is 256. The first kappa shape index (κ1) is 14.5. The van der Waals surface area contributed by atoms with Crippen molar-refractivity contribution in [3.63, 3.8) is 0 Å². The van der Waals surface area contributed by atoms with E-state index >= 15 is 0 Å². The summed E-state index contributed by atoms with van der Waals surface area (Å²) < 4.78 is 5.52. The van der Waals surface area contributed by atoms with Crippen LogP contribution in [-0.2, 0) is 9.53 Å². The molecule has 0 aromatic carbocycles. The summed E-state index contributed by atoms with van der Waals surface area (Å²) in [4.78, 5) is 14.2. The Hall–Kier alpha value is -0.610. The summed E-state index contributed by atoms with van der Waals surface area (Å²) in [6.07, 6.45) is 1.21. The maximum atomic E-state index is 12.3. The number of carbonyl (C=O) groups excluding carboxylic acids is 1. The van der Waals surface area contributed by atoms with Gasteiger partial charge in [0.05, 0.1) is 18.3 Å². The number of nitrogens with zero attached hydrogens (tertiary/aromatic N) is 1. The van der Waals surface area contributed by atoms with Gasteiger partial charge in [0.1, 0.15) is 0 Å². The molecular weight excluding hydrogens is 216 g/mol. The molecule has 4 heteroatoms. The fourth-order valence-electron chi connectivity index (χ4n) is 2.35. The molecule has 0 spiro atoms. The molecule has 0 saturated carbocycles. The van der Waals surface area contributed by atoms with Gasteiger partial charge in [0.2, 0.25) is 5.91 Å². The van der Waals surface area contributed by atoms with Crippen LogP contribution in [0.2, 0.25) is 0 Å². The molecule has 1 aliphatic rings. The summed E-state index contributed by atoms with van der Waals surface area (Å²) >= 11 is 0. The van der Waals surface area contributed by atoms with Crippen molar-refractivity contribution in [1.29, 1.82) is 0 Å². The molecule has 100 valence electrons. The number of carbonyl (C=O) groups is 1. The minimum atomic E-state index is -0.0335. The first-order valence-corrected chi connectivity index (χ1v) is 6.69. The van der Waals surface area contributed by atoms with Crippen LogP contribution in [-0.4, -0.2) is 42.3 Å². The molecule has 1 heterocycles. The van der Waals surface area contributed by atoms with E-state index in [1.165, 1.54) is 0 Å². The van der Waals surface area contributed by atoms with E-state index in [0.717, 1.165) is 6.42 Å². The van der Waals surface area contributed by atoms with E-state index in [1.54, 1.807) is 0 Å². The fraction of sp³-hybridized carbons (Fsp3) is 0.923.